The third-order valence-electron chi connectivity index (χ3n) is 3.45. The Kier molecular flexibility index (Phi) is 2.59. The van der Waals surface area contributed by atoms with Crippen molar-refractivity contribution in [1.29, 1.82) is 0 Å². The van der Waals surface area contributed by atoms with Crippen molar-refractivity contribution in [2.45, 2.75) is 25.2 Å². The zero-order chi connectivity index (χ0) is 12.5. The summed E-state index contributed by atoms with van der Waals surface area (Å²) >= 11 is 0. The fourth-order valence-corrected chi connectivity index (χ4v) is 2.54. The van der Waals surface area contributed by atoms with E-state index < -0.39 is 0 Å². The number of anilines is 1. The number of nitrogens with two attached hydrogens (primary N) is 1. The highest BCUT2D eigenvalue weighted by atomic mass is 16.1. The number of Topliss-reactive ketones (excluding diaryl/α,β-unsaturated/α-hetero) is 1. The van der Waals surface area contributed by atoms with E-state index in [1.165, 1.54) is 11.8 Å². The first-order valence-electron chi connectivity index (χ1n) is 6.04. The van der Waals surface area contributed by atoms with Crippen LogP contribution in [0.5, 0.6) is 0 Å². The number of rotatable bonds is 2. The Bertz CT molecular complexity index is 590. The quantitative estimate of drug-likeness (QED) is 0.785. The zero-order valence-electron chi connectivity index (χ0n) is 9.89. The van der Waals surface area contributed by atoms with Gasteiger partial charge in [0.05, 0.1) is 23.4 Å². The minimum absolute atomic E-state index is 0.0147. The summed E-state index contributed by atoms with van der Waals surface area (Å²) in [5.41, 5.74) is 8.25. The van der Waals surface area contributed by atoms with E-state index in [4.69, 9.17) is 5.73 Å². The largest absolute Gasteiger partial charge is 0.383 e. The molecule has 5 nitrogen and oxygen atoms in total. The number of nitrogen functional groups attached to an aromatic ring is 1. The minimum atomic E-state index is -0.185. The molecule has 92 valence electrons. The highest BCUT2D eigenvalue weighted by Gasteiger charge is 2.29. The van der Waals surface area contributed by atoms with Gasteiger partial charge in [-0.1, -0.05) is 6.07 Å². The first kappa shape index (κ1) is 11.0. The van der Waals surface area contributed by atoms with Gasteiger partial charge in [-0.2, -0.15) is 5.10 Å². The van der Waals surface area contributed by atoms with Crippen LogP contribution in [0, 0.1) is 0 Å². The van der Waals surface area contributed by atoms with Gasteiger partial charge < -0.3 is 5.73 Å². The maximum Gasteiger partial charge on any atom is 0.177 e. The van der Waals surface area contributed by atoms with E-state index in [-0.39, 0.29) is 11.7 Å². The van der Waals surface area contributed by atoms with E-state index >= 15 is 0 Å². The first-order chi connectivity index (χ1) is 8.77. The predicted molar refractivity (Wildman–Crippen MR) is 67.2 cm³/mol. The minimum Gasteiger partial charge on any atom is -0.383 e. The van der Waals surface area contributed by atoms with Crippen molar-refractivity contribution in [3.05, 3.63) is 41.3 Å². The number of aromatic nitrogens is 3. The summed E-state index contributed by atoms with van der Waals surface area (Å²) in [6.07, 6.45) is 6.06. The van der Waals surface area contributed by atoms with Crippen LogP contribution >= 0.6 is 0 Å². The SMILES string of the molecule is Nc1[nH]ncc1C(=O)C1CCCc2cccnc21. The molecule has 0 radical (unpaired) electrons. The third kappa shape index (κ3) is 1.68. The molecule has 0 amide bonds. The molecule has 2 aromatic heterocycles. The van der Waals surface area contributed by atoms with E-state index in [2.05, 4.69) is 15.2 Å². The monoisotopic (exact) mass is 242 g/mol. The van der Waals surface area contributed by atoms with Crippen LogP contribution in [0.1, 0.15) is 40.4 Å². The molecule has 1 atom stereocenters. The topological polar surface area (TPSA) is 84.7 Å². The van der Waals surface area contributed by atoms with Crippen molar-refractivity contribution in [1.82, 2.24) is 15.2 Å². The molecule has 2 aromatic rings. The fraction of sp³-hybridized carbons (Fsp3) is 0.308. The molecule has 2 heterocycles. The van der Waals surface area contributed by atoms with Gasteiger partial charge in [-0.25, -0.2) is 0 Å². The molecule has 1 aliphatic rings. The summed E-state index contributed by atoms with van der Waals surface area (Å²) in [6.45, 7) is 0. The lowest BCUT2D eigenvalue weighted by Crippen LogP contribution is -2.20. The summed E-state index contributed by atoms with van der Waals surface area (Å²) in [5.74, 6) is 0.166. The van der Waals surface area contributed by atoms with E-state index in [9.17, 15) is 4.79 Å². The van der Waals surface area contributed by atoms with Gasteiger partial charge in [-0.15, -0.1) is 0 Å². The van der Waals surface area contributed by atoms with Crippen LogP contribution in [0.25, 0.3) is 0 Å². The number of hydrogen-bond acceptors (Lipinski definition) is 4. The van der Waals surface area contributed by atoms with Gasteiger partial charge >= 0.3 is 0 Å². The molecule has 0 saturated carbocycles. The normalized spacial score (nSPS) is 18.3. The Morgan fingerprint density at radius 3 is 3.17 bits per heavy atom. The van der Waals surface area contributed by atoms with Gasteiger partial charge in [0.15, 0.2) is 5.78 Å². The Hall–Kier alpha value is -2.17. The smallest absolute Gasteiger partial charge is 0.177 e. The van der Waals surface area contributed by atoms with E-state index in [0.717, 1.165) is 25.0 Å². The maximum atomic E-state index is 12.5. The van der Waals surface area contributed by atoms with E-state index in [1.807, 2.05) is 12.1 Å². The van der Waals surface area contributed by atoms with Gasteiger partial charge in [0, 0.05) is 6.20 Å². The average molecular weight is 242 g/mol. The van der Waals surface area contributed by atoms with Crippen LogP contribution in [-0.4, -0.2) is 21.0 Å². The van der Waals surface area contributed by atoms with Gasteiger partial charge in [0.25, 0.3) is 0 Å². The number of carbonyl (C=O) groups excluding carboxylic acids is 1. The fourth-order valence-electron chi connectivity index (χ4n) is 2.54. The lowest BCUT2D eigenvalue weighted by Gasteiger charge is -2.22. The number of aromatic amines is 1. The van der Waals surface area contributed by atoms with Gasteiger partial charge in [0.2, 0.25) is 0 Å². The summed E-state index contributed by atoms with van der Waals surface area (Å²) in [7, 11) is 0. The Labute approximate surface area is 104 Å². The van der Waals surface area contributed by atoms with E-state index in [1.54, 1.807) is 6.20 Å². The second-order valence-corrected chi connectivity index (χ2v) is 4.55. The van der Waals surface area contributed by atoms with Crippen molar-refractivity contribution in [3.63, 3.8) is 0 Å². The summed E-state index contributed by atoms with van der Waals surface area (Å²) in [6, 6.07) is 3.96. The molecule has 3 rings (SSSR count). The lowest BCUT2D eigenvalue weighted by molar-refractivity contribution is 0.0950. The van der Waals surface area contributed by atoms with Crippen molar-refractivity contribution in [3.8, 4) is 0 Å². The predicted octanol–water partition coefficient (Wildman–Crippen LogP) is 1.69. The van der Waals surface area contributed by atoms with Crippen molar-refractivity contribution in [2.75, 3.05) is 5.73 Å². The van der Waals surface area contributed by atoms with Crippen molar-refractivity contribution >= 4 is 11.6 Å². The Morgan fingerprint density at radius 1 is 1.50 bits per heavy atom. The second kappa shape index (κ2) is 4.25. The molecule has 18 heavy (non-hydrogen) atoms. The third-order valence-corrected chi connectivity index (χ3v) is 3.45. The summed E-state index contributed by atoms with van der Waals surface area (Å²) in [5, 5.41) is 6.40. The number of H-pyrrole nitrogens is 1. The highest BCUT2D eigenvalue weighted by Crippen LogP contribution is 2.33. The number of hydrogen-bond donors (Lipinski definition) is 2. The number of fused-ring (bicyclic) bond motifs is 1. The molecule has 3 N–H and O–H groups in total. The van der Waals surface area contributed by atoms with Crippen LogP contribution in [0.2, 0.25) is 0 Å². The summed E-state index contributed by atoms with van der Waals surface area (Å²) in [4.78, 5) is 16.8. The molecular formula is C13H14N4O. The Balaban J connectivity index is 2.00. The number of nitrogens with one attached hydrogen (secondary N) is 1. The standard InChI is InChI=1S/C13H14N4O/c14-13-10(7-16-17-13)12(18)9-5-1-3-8-4-2-6-15-11(8)9/h2,4,6-7,9H,1,3,5H2,(H3,14,16,17). The number of carbonyl (C=O) groups is 1. The molecule has 0 saturated heterocycles. The zero-order valence-corrected chi connectivity index (χ0v) is 9.89. The number of pyridine rings is 1. The molecule has 1 unspecified atom stereocenters. The van der Waals surface area contributed by atoms with Crippen LogP contribution in [-0.2, 0) is 6.42 Å². The molecule has 1 aliphatic carbocycles. The van der Waals surface area contributed by atoms with Gasteiger partial charge in [0.1, 0.15) is 5.82 Å². The maximum absolute atomic E-state index is 12.5. The Morgan fingerprint density at radius 2 is 2.39 bits per heavy atom. The van der Waals surface area contributed by atoms with Crippen molar-refractivity contribution < 1.29 is 4.79 Å². The molecule has 0 bridgehead atoms. The lowest BCUT2D eigenvalue weighted by atomic mass is 9.82. The number of ketones is 1. The average Bonchev–Trinajstić information content (AvgIpc) is 2.83. The molecule has 0 aromatic carbocycles. The van der Waals surface area contributed by atoms with Crippen LogP contribution in [0.4, 0.5) is 5.82 Å². The second-order valence-electron chi connectivity index (χ2n) is 4.55. The summed E-state index contributed by atoms with van der Waals surface area (Å²) < 4.78 is 0. The number of aryl methyl sites for hydroxylation is 1. The van der Waals surface area contributed by atoms with Crippen molar-refractivity contribution in [2.24, 2.45) is 0 Å². The number of nitrogens with zero attached hydrogens (tertiary/aromatic N) is 2. The molecule has 0 spiro atoms. The van der Waals surface area contributed by atoms with Crippen LogP contribution in [0.15, 0.2) is 24.5 Å². The molecule has 5 heteroatoms. The van der Waals surface area contributed by atoms with E-state index in [0.29, 0.717) is 11.4 Å². The van der Waals surface area contributed by atoms with Crippen LogP contribution < -0.4 is 5.73 Å². The van der Waals surface area contributed by atoms with Gasteiger partial charge in [-0.05, 0) is 30.9 Å². The molecule has 0 aliphatic heterocycles. The first-order valence-corrected chi connectivity index (χ1v) is 6.04. The molecule has 0 fully saturated rings. The van der Waals surface area contributed by atoms with Gasteiger partial charge in [-0.3, -0.25) is 14.9 Å². The van der Waals surface area contributed by atoms with Crippen LogP contribution in [0.3, 0.4) is 0 Å². The highest BCUT2D eigenvalue weighted by molar-refractivity contribution is 6.04. The molecular weight excluding hydrogens is 228 g/mol.